The minimum absolute atomic E-state index is 0.124. The van der Waals surface area contributed by atoms with Crippen molar-refractivity contribution in [3.63, 3.8) is 0 Å². The summed E-state index contributed by atoms with van der Waals surface area (Å²) in [6, 6.07) is 16.0. The van der Waals surface area contributed by atoms with Crippen molar-refractivity contribution in [2.45, 2.75) is 19.8 Å². The van der Waals surface area contributed by atoms with Gasteiger partial charge < -0.3 is 14.2 Å². The summed E-state index contributed by atoms with van der Waals surface area (Å²) in [5, 5.41) is 4.05. The number of piperidine rings is 1. The predicted octanol–water partition coefficient (Wildman–Crippen LogP) is 4.46. The fourth-order valence-electron chi connectivity index (χ4n) is 4.18. The first-order chi connectivity index (χ1) is 15.2. The SMILES string of the molecule is CCOC(=O)c1cc(Cc2ccc(N3CC4CC4C3)nc2/C=C/c2ccccc2)no1. The molecule has 2 fully saturated rings. The number of anilines is 1. The Balaban J connectivity index is 1.41. The zero-order valence-electron chi connectivity index (χ0n) is 17.5. The molecule has 6 nitrogen and oxygen atoms in total. The number of carbonyl (C=O) groups is 1. The molecule has 1 saturated heterocycles. The maximum absolute atomic E-state index is 11.9. The van der Waals surface area contributed by atoms with Crippen molar-refractivity contribution in [1.82, 2.24) is 10.1 Å². The smallest absolute Gasteiger partial charge is 0.377 e. The van der Waals surface area contributed by atoms with Crippen LogP contribution in [0.15, 0.2) is 53.1 Å². The Morgan fingerprint density at radius 2 is 1.97 bits per heavy atom. The Morgan fingerprint density at radius 3 is 2.74 bits per heavy atom. The third kappa shape index (κ3) is 4.38. The number of nitrogens with zero attached hydrogens (tertiary/aromatic N) is 3. The average Bonchev–Trinajstić information content (AvgIpc) is 3.17. The first kappa shape index (κ1) is 19.5. The van der Waals surface area contributed by atoms with Crippen LogP contribution >= 0.6 is 0 Å². The van der Waals surface area contributed by atoms with E-state index in [1.807, 2.05) is 18.2 Å². The quantitative estimate of drug-likeness (QED) is 0.531. The Bertz CT molecular complexity index is 1100. The highest BCUT2D eigenvalue weighted by Crippen LogP contribution is 2.46. The van der Waals surface area contributed by atoms with E-state index in [9.17, 15) is 4.79 Å². The Morgan fingerprint density at radius 1 is 1.16 bits per heavy atom. The second-order valence-electron chi connectivity index (χ2n) is 8.20. The average molecular weight is 415 g/mol. The maximum Gasteiger partial charge on any atom is 0.377 e. The van der Waals surface area contributed by atoms with E-state index in [1.54, 1.807) is 13.0 Å². The van der Waals surface area contributed by atoms with Crippen LogP contribution in [0.1, 0.15) is 46.4 Å². The molecule has 1 aliphatic carbocycles. The van der Waals surface area contributed by atoms with Crippen LogP contribution < -0.4 is 4.90 Å². The van der Waals surface area contributed by atoms with Crippen molar-refractivity contribution < 1.29 is 14.1 Å². The summed E-state index contributed by atoms with van der Waals surface area (Å²) in [5.41, 5.74) is 3.73. The molecule has 0 N–H and O–H groups in total. The first-order valence-electron chi connectivity index (χ1n) is 10.8. The number of benzene rings is 1. The largest absolute Gasteiger partial charge is 0.460 e. The fraction of sp³-hybridized carbons (Fsp3) is 0.320. The zero-order chi connectivity index (χ0) is 21.2. The number of hydrogen-bond acceptors (Lipinski definition) is 6. The van der Waals surface area contributed by atoms with Gasteiger partial charge in [-0.05, 0) is 48.4 Å². The number of esters is 1. The van der Waals surface area contributed by atoms with Gasteiger partial charge in [-0.2, -0.15) is 0 Å². The lowest BCUT2D eigenvalue weighted by Gasteiger charge is -2.20. The molecule has 1 aliphatic heterocycles. The molecule has 2 aliphatic rings. The molecule has 3 heterocycles. The standard InChI is InChI=1S/C25H25N3O3/c1-2-30-25(29)23-14-21(27-31-23)13-18-9-11-24(28-15-19-12-20(19)16-28)26-22(18)10-8-17-6-4-3-5-7-17/h3-11,14,19-20H,2,12-13,15-16H2,1H3/b10-8+. The van der Waals surface area contributed by atoms with E-state index in [0.717, 1.165) is 47.6 Å². The number of rotatable bonds is 7. The second-order valence-corrected chi connectivity index (χ2v) is 8.20. The van der Waals surface area contributed by atoms with Crippen molar-refractivity contribution in [3.8, 4) is 0 Å². The van der Waals surface area contributed by atoms with Gasteiger partial charge in [0.05, 0.1) is 18.0 Å². The molecule has 5 rings (SSSR count). The molecule has 2 atom stereocenters. The van der Waals surface area contributed by atoms with Gasteiger partial charge in [0, 0.05) is 25.6 Å². The number of fused-ring (bicyclic) bond motifs is 1. The normalized spacial score (nSPS) is 19.6. The number of hydrogen-bond donors (Lipinski definition) is 0. The van der Waals surface area contributed by atoms with Gasteiger partial charge in [-0.1, -0.05) is 47.6 Å². The maximum atomic E-state index is 11.9. The van der Waals surface area contributed by atoms with Crippen LogP contribution in [0.2, 0.25) is 0 Å². The number of carbonyl (C=O) groups excluding carboxylic acids is 1. The van der Waals surface area contributed by atoms with Crippen LogP contribution in [-0.4, -0.2) is 35.8 Å². The summed E-state index contributed by atoms with van der Waals surface area (Å²) in [5.74, 6) is 2.35. The van der Waals surface area contributed by atoms with Gasteiger partial charge in [0.25, 0.3) is 0 Å². The number of aromatic nitrogens is 2. The van der Waals surface area contributed by atoms with E-state index in [1.165, 1.54) is 6.42 Å². The highest BCUT2D eigenvalue weighted by molar-refractivity contribution is 5.86. The monoisotopic (exact) mass is 415 g/mol. The lowest BCUT2D eigenvalue weighted by Crippen LogP contribution is -2.23. The molecule has 1 aromatic carbocycles. The fourth-order valence-corrected chi connectivity index (χ4v) is 4.18. The Kier molecular flexibility index (Phi) is 5.28. The van der Waals surface area contributed by atoms with E-state index >= 15 is 0 Å². The van der Waals surface area contributed by atoms with E-state index in [-0.39, 0.29) is 5.76 Å². The van der Waals surface area contributed by atoms with Crippen LogP contribution in [0.3, 0.4) is 0 Å². The highest BCUT2D eigenvalue weighted by Gasteiger charge is 2.45. The van der Waals surface area contributed by atoms with E-state index < -0.39 is 5.97 Å². The molecule has 0 spiro atoms. The molecule has 0 amide bonds. The predicted molar refractivity (Wildman–Crippen MR) is 119 cm³/mol. The van der Waals surface area contributed by atoms with E-state index in [0.29, 0.717) is 18.7 Å². The number of ether oxygens (including phenoxy) is 1. The lowest BCUT2D eigenvalue weighted by atomic mass is 10.1. The molecular formula is C25H25N3O3. The van der Waals surface area contributed by atoms with Crippen LogP contribution in [0, 0.1) is 11.8 Å². The lowest BCUT2D eigenvalue weighted by molar-refractivity contribution is 0.0479. The summed E-state index contributed by atoms with van der Waals surface area (Å²) in [7, 11) is 0. The summed E-state index contributed by atoms with van der Waals surface area (Å²) in [4.78, 5) is 19.2. The molecule has 0 radical (unpaired) electrons. The Hall–Kier alpha value is -3.41. The van der Waals surface area contributed by atoms with Crippen molar-refractivity contribution in [2.24, 2.45) is 11.8 Å². The summed E-state index contributed by atoms with van der Waals surface area (Å²) < 4.78 is 10.2. The van der Waals surface area contributed by atoms with E-state index in [4.69, 9.17) is 14.2 Å². The minimum atomic E-state index is -0.494. The van der Waals surface area contributed by atoms with Gasteiger partial charge in [0.2, 0.25) is 5.76 Å². The first-order valence-corrected chi connectivity index (χ1v) is 10.8. The minimum Gasteiger partial charge on any atom is -0.460 e. The third-order valence-electron chi connectivity index (χ3n) is 5.94. The molecule has 6 heteroatoms. The van der Waals surface area contributed by atoms with Crippen LogP contribution in [0.5, 0.6) is 0 Å². The summed E-state index contributed by atoms with van der Waals surface area (Å²) in [6.07, 6.45) is 6.02. The molecular weight excluding hydrogens is 390 g/mol. The van der Waals surface area contributed by atoms with Crippen molar-refractivity contribution in [1.29, 1.82) is 0 Å². The second kappa shape index (κ2) is 8.38. The molecule has 0 bridgehead atoms. The molecule has 2 aromatic heterocycles. The van der Waals surface area contributed by atoms with Gasteiger partial charge in [-0.3, -0.25) is 0 Å². The van der Waals surface area contributed by atoms with E-state index in [2.05, 4.69) is 46.5 Å². The van der Waals surface area contributed by atoms with Gasteiger partial charge in [0.15, 0.2) is 0 Å². The van der Waals surface area contributed by atoms with Crippen LogP contribution in [0.25, 0.3) is 12.2 Å². The molecule has 158 valence electrons. The summed E-state index contributed by atoms with van der Waals surface area (Å²) >= 11 is 0. The van der Waals surface area contributed by atoms with Gasteiger partial charge in [-0.25, -0.2) is 9.78 Å². The van der Waals surface area contributed by atoms with Crippen LogP contribution in [0.4, 0.5) is 5.82 Å². The van der Waals surface area contributed by atoms with Crippen molar-refractivity contribution >= 4 is 23.9 Å². The topological polar surface area (TPSA) is 68.5 Å². The zero-order valence-corrected chi connectivity index (χ0v) is 17.5. The number of pyridine rings is 1. The van der Waals surface area contributed by atoms with Crippen LogP contribution in [-0.2, 0) is 11.2 Å². The molecule has 2 unspecified atom stereocenters. The molecule has 3 aromatic rings. The molecule has 31 heavy (non-hydrogen) atoms. The molecule has 1 saturated carbocycles. The third-order valence-corrected chi connectivity index (χ3v) is 5.94. The van der Waals surface area contributed by atoms with Gasteiger partial charge in [0.1, 0.15) is 5.82 Å². The van der Waals surface area contributed by atoms with Gasteiger partial charge in [-0.15, -0.1) is 0 Å². The Labute approximate surface area is 181 Å². The van der Waals surface area contributed by atoms with Gasteiger partial charge >= 0.3 is 5.97 Å². The highest BCUT2D eigenvalue weighted by atomic mass is 16.6. The summed E-state index contributed by atoms with van der Waals surface area (Å²) in [6.45, 7) is 4.26. The van der Waals surface area contributed by atoms with Crippen molar-refractivity contribution in [3.05, 3.63) is 76.8 Å². The van der Waals surface area contributed by atoms with Crippen molar-refractivity contribution in [2.75, 3.05) is 24.6 Å².